The number of nitrogen functional groups attached to an aromatic ring is 1. The summed E-state index contributed by atoms with van der Waals surface area (Å²) < 4.78 is 0. The molecule has 0 spiro atoms. The molecule has 0 radical (unpaired) electrons. The van der Waals surface area contributed by atoms with Gasteiger partial charge in [0.15, 0.2) is 0 Å². The van der Waals surface area contributed by atoms with E-state index in [0.717, 1.165) is 17.2 Å². The highest BCUT2D eigenvalue weighted by molar-refractivity contribution is 5.56. The SMILES string of the molecule is Cc1c(N)nc(C2CC2)nc1NC1CCCC1(C)C. The molecule has 1 heterocycles. The molecule has 4 heteroatoms. The lowest BCUT2D eigenvalue weighted by atomic mass is 9.87. The smallest absolute Gasteiger partial charge is 0.136 e. The minimum absolute atomic E-state index is 0.339. The number of nitrogens with two attached hydrogens (primary N) is 1. The minimum atomic E-state index is 0.339. The van der Waals surface area contributed by atoms with Gasteiger partial charge in [-0.1, -0.05) is 20.3 Å². The molecular formula is C15H24N4. The van der Waals surface area contributed by atoms with E-state index in [1.165, 1.54) is 32.1 Å². The van der Waals surface area contributed by atoms with Crippen LogP contribution in [-0.4, -0.2) is 16.0 Å². The molecule has 0 bridgehead atoms. The molecule has 0 amide bonds. The van der Waals surface area contributed by atoms with Crippen LogP contribution in [0.1, 0.15) is 63.3 Å². The van der Waals surface area contributed by atoms with Crippen molar-refractivity contribution in [3.05, 3.63) is 11.4 Å². The van der Waals surface area contributed by atoms with Crippen molar-refractivity contribution in [3.63, 3.8) is 0 Å². The largest absolute Gasteiger partial charge is 0.383 e. The maximum Gasteiger partial charge on any atom is 0.136 e. The van der Waals surface area contributed by atoms with Crippen LogP contribution in [0.5, 0.6) is 0 Å². The van der Waals surface area contributed by atoms with Gasteiger partial charge in [0.1, 0.15) is 17.5 Å². The lowest BCUT2D eigenvalue weighted by Gasteiger charge is -2.29. The van der Waals surface area contributed by atoms with Crippen LogP contribution < -0.4 is 11.1 Å². The number of aromatic nitrogens is 2. The first-order valence-electron chi connectivity index (χ1n) is 7.38. The van der Waals surface area contributed by atoms with Crippen LogP contribution in [0.3, 0.4) is 0 Å². The van der Waals surface area contributed by atoms with Gasteiger partial charge >= 0.3 is 0 Å². The fraction of sp³-hybridized carbons (Fsp3) is 0.733. The fourth-order valence-corrected chi connectivity index (χ4v) is 2.98. The molecule has 2 aliphatic rings. The topological polar surface area (TPSA) is 63.8 Å². The van der Waals surface area contributed by atoms with E-state index in [1.807, 2.05) is 6.92 Å². The fourth-order valence-electron chi connectivity index (χ4n) is 2.98. The van der Waals surface area contributed by atoms with Gasteiger partial charge in [-0.15, -0.1) is 0 Å². The highest BCUT2D eigenvalue weighted by Crippen LogP contribution is 2.41. The molecular weight excluding hydrogens is 236 g/mol. The highest BCUT2D eigenvalue weighted by Gasteiger charge is 2.35. The summed E-state index contributed by atoms with van der Waals surface area (Å²) in [5, 5.41) is 3.63. The Morgan fingerprint density at radius 3 is 2.53 bits per heavy atom. The molecule has 2 saturated carbocycles. The van der Waals surface area contributed by atoms with Gasteiger partial charge in [-0.2, -0.15) is 0 Å². The predicted octanol–water partition coefficient (Wildman–Crippen LogP) is 3.24. The van der Waals surface area contributed by atoms with Gasteiger partial charge in [0, 0.05) is 17.5 Å². The predicted molar refractivity (Wildman–Crippen MR) is 78.2 cm³/mol. The molecule has 2 aliphatic carbocycles. The molecule has 19 heavy (non-hydrogen) atoms. The van der Waals surface area contributed by atoms with Crippen LogP contribution in [0.2, 0.25) is 0 Å². The Labute approximate surface area is 115 Å². The molecule has 0 aliphatic heterocycles. The van der Waals surface area contributed by atoms with E-state index in [-0.39, 0.29) is 0 Å². The van der Waals surface area contributed by atoms with Gasteiger partial charge in [-0.05, 0) is 38.0 Å². The van der Waals surface area contributed by atoms with E-state index < -0.39 is 0 Å². The normalized spacial score (nSPS) is 25.5. The Morgan fingerprint density at radius 1 is 1.21 bits per heavy atom. The Bertz CT molecular complexity index is 491. The Hall–Kier alpha value is -1.32. The molecule has 1 unspecified atom stereocenters. The summed E-state index contributed by atoms with van der Waals surface area (Å²) in [5.41, 5.74) is 7.37. The second kappa shape index (κ2) is 4.36. The molecule has 0 saturated heterocycles. The van der Waals surface area contributed by atoms with Gasteiger partial charge in [0.25, 0.3) is 0 Å². The quantitative estimate of drug-likeness (QED) is 0.875. The molecule has 3 N–H and O–H groups in total. The number of nitrogens with zero attached hydrogens (tertiary/aromatic N) is 2. The van der Waals surface area contributed by atoms with Crippen molar-refractivity contribution < 1.29 is 0 Å². The van der Waals surface area contributed by atoms with E-state index in [1.54, 1.807) is 0 Å². The second-order valence-electron chi connectivity index (χ2n) is 6.79. The van der Waals surface area contributed by atoms with E-state index in [2.05, 4.69) is 24.1 Å². The third kappa shape index (κ3) is 2.40. The first-order chi connectivity index (χ1) is 8.97. The van der Waals surface area contributed by atoms with Gasteiger partial charge in [-0.3, -0.25) is 0 Å². The monoisotopic (exact) mass is 260 g/mol. The third-order valence-electron chi connectivity index (χ3n) is 4.71. The standard InChI is InChI=1S/C15H24N4/c1-9-12(16)18-14(10-6-7-10)19-13(9)17-11-5-4-8-15(11,2)3/h10-11H,4-8H2,1-3H3,(H3,16,17,18,19). The summed E-state index contributed by atoms with van der Waals surface area (Å²) >= 11 is 0. The highest BCUT2D eigenvalue weighted by atomic mass is 15.1. The zero-order valence-corrected chi connectivity index (χ0v) is 12.2. The number of hydrogen-bond donors (Lipinski definition) is 2. The summed E-state index contributed by atoms with van der Waals surface area (Å²) in [4.78, 5) is 9.15. The van der Waals surface area contributed by atoms with E-state index in [9.17, 15) is 0 Å². The average molecular weight is 260 g/mol. The van der Waals surface area contributed by atoms with Gasteiger partial charge < -0.3 is 11.1 Å². The average Bonchev–Trinajstić information content (AvgIpc) is 3.12. The van der Waals surface area contributed by atoms with E-state index in [0.29, 0.717) is 23.2 Å². The van der Waals surface area contributed by atoms with Crippen molar-refractivity contribution in [3.8, 4) is 0 Å². The Morgan fingerprint density at radius 2 is 1.95 bits per heavy atom. The van der Waals surface area contributed by atoms with Crippen molar-refractivity contribution in [1.82, 2.24) is 9.97 Å². The van der Waals surface area contributed by atoms with Crippen molar-refractivity contribution in [1.29, 1.82) is 0 Å². The zero-order chi connectivity index (χ0) is 13.6. The molecule has 1 aromatic heterocycles. The molecule has 4 nitrogen and oxygen atoms in total. The summed E-state index contributed by atoms with van der Waals surface area (Å²) in [5.74, 6) is 3.06. The number of nitrogens with one attached hydrogen (secondary N) is 1. The zero-order valence-electron chi connectivity index (χ0n) is 12.2. The molecule has 0 aromatic carbocycles. The van der Waals surface area contributed by atoms with Crippen LogP contribution in [0.25, 0.3) is 0 Å². The molecule has 1 atom stereocenters. The second-order valence-corrected chi connectivity index (χ2v) is 6.79. The molecule has 1 aromatic rings. The number of rotatable bonds is 3. The van der Waals surface area contributed by atoms with Gasteiger partial charge in [-0.25, -0.2) is 9.97 Å². The van der Waals surface area contributed by atoms with Crippen LogP contribution in [-0.2, 0) is 0 Å². The Balaban J connectivity index is 1.87. The molecule has 3 rings (SSSR count). The summed E-state index contributed by atoms with van der Waals surface area (Å²) in [6.07, 6.45) is 6.20. The summed E-state index contributed by atoms with van der Waals surface area (Å²) in [6.45, 7) is 6.68. The van der Waals surface area contributed by atoms with Crippen molar-refractivity contribution in [2.24, 2.45) is 5.41 Å². The molecule has 104 valence electrons. The molecule has 2 fully saturated rings. The van der Waals surface area contributed by atoms with E-state index in [4.69, 9.17) is 10.7 Å². The summed E-state index contributed by atoms with van der Waals surface area (Å²) in [7, 11) is 0. The van der Waals surface area contributed by atoms with Crippen LogP contribution in [0, 0.1) is 12.3 Å². The van der Waals surface area contributed by atoms with Gasteiger partial charge in [0.05, 0.1) is 0 Å². The maximum absolute atomic E-state index is 6.04. The van der Waals surface area contributed by atoms with Crippen molar-refractivity contribution in [2.75, 3.05) is 11.1 Å². The Kier molecular flexibility index (Phi) is 2.91. The maximum atomic E-state index is 6.04. The first-order valence-corrected chi connectivity index (χ1v) is 7.38. The third-order valence-corrected chi connectivity index (χ3v) is 4.71. The minimum Gasteiger partial charge on any atom is -0.383 e. The number of hydrogen-bond acceptors (Lipinski definition) is 4. The van der Waals surface area contributed by atoms with Crippen LogP contribution in [0.4, 0.5) is 11.6 Å². The van der Waals surface area contributed by atoms with Crippen molar-refractivity contribution >= 4 is 11.6 Å². The van der Waals surface area contributed by atoms with Crippen LogP contribution >= 0.6 is 0 Å². The van der Waals surface area contributed by atoms with Crippen molar-refractivity contribution in [2.45, 2.75) is 64.8 Å². The lowest BCUT2D eigenvalue weighted by molar-refractivity contribution is 0.349. The van der Waals surface area contributed by atoms with Crippen LogP contribution in [0.15, 0.2) is 0 Å². The first kappa shape index (κ1) is 12.7. The lowest BCUT2D eigenvalue weighted by Crippen LogP contribution is -2.31. The van der Waals surface area contributed by atoms with E-state index >= 15 is 0 Å². The number of anilines is 2. The van der Waals surface area contributed by atoms with Gasteiger partial charge in [0.2, 0.25) is 0 Å². The summed E-state index contributed by atoms with van der Waals surface area (Å²) in [6, 6.07) is 0.493.